The molecule has 0 aromatic rings. The van der Waals surface area contributed by atoms with E-state index in [2.05, 4.69) is 0 Å². The van der Waals surface area contributed by atoms with Crippen molar-refractivity contribution < 1.29 is 9.53 Å². The van der Waals surface area contributed by atoms with Gasteiger partial charge in [0.25, 0.3) is 0 Å². The Kier molecular flexibility index (Phi) is 5.91. The van der Waals surface area contributed by atoms with Gasteiger partial charge in [-0.05, 0) is 29.5 Å². The lowest BCUT2D eigenvalue weighted by molar-refractivity contribution is -0.115. The highest BCUT2D eigenvalue weighted by molar-refractivity contribution is 14.1. The Morgan fingerprint density at radius 2 is 2.30 bits per heavy atom. The second kappa shape index (κ2) is 5.85. The summed E-state index contributed by atoms with van der Waals surface area (Å²) < 4.78 is 5.54. The molecule has 3 heteroatoms. The summed E-state index contributed by atoms with van der Waals surface area (Å²) in [5, 5.41) is 0. The second-order valence-corrected chi connectivity index (χ2v) is 2.96. The third kappa shape index (κ3) is 4.00. The lowest BCUT2D eigenvalue weighted by Crippen LogP contribution is -2.01. The van der Waals surface area contributed by atoms with Gasteiger partial charge in [0, 0.05) is 13.5 Å². The first kappa shape index (κ1) is 10.1. The van der Waals surface area contributed by atoms with Crippen LogP contribution in [0.1, 0.15) is 13.3 Å². The predicted molar refractivity (Wildman–Crippen MR) is 49.3 cm³/mol. The number of carbonyl (C=O) groups is 1. The summed E-state index contributed by atoms with van der Waals surface area (Å²) in [7, 11) is 1.59. The van der Waals surface area contributed by atoms with E-state index in [0.29, 0.717) is 13.0 Å². The normalized spacial score (nSPS) is 11.7. The van der Waals surface area contributed by atoms with E-state index >= 15 is 0 Å². The molecule has 2 nitrogen and oxygen atoms in total. The Morgan fingerprint density at radius 3 is 2.70 bits per heavy atom. The topological polar surface area (TPSA) is 26.3 Å². The van der Waals surface area contributed by atoms with Gasteiger partial charge in [0.15, 0.2) is 5.78 Å². The highest BCUT2D eigenvalue weighted by Gasteiger charge is 2.02. The standard InChI is InChI=1S/C7H11IO2/c1-3-6(8)7(9)4-5-10-2/h3H,4-5H2,1-2H3/b6-3-. The number of hydrogen-bond donors (Lipinski definition) is 0. The first-order valence-corrected chi connectivity index (χ1v) is 4.14. The molecular weight excluding hydrogens is 243 g/mol. The maximum absolute atomic E-state index is 11.0. The Labute approximate surface area is 74.8 Å². The largest absolute Gasteiger partial charge is 0.384 e. The van der Waals surface area contributed by atoms with Crippen LogP contribution in [0.2, 0.25) is 0 Å². The van der Waals surface area contributed by atoms with Crippen molar-refractivity contribution in [3.05, 3.63) is 9.66 Å². The summed E-state index contributed by atoms with van der Waals surface area (Å²) in [5.74, 6) is 0.157. The van der Waals surface area contributed by atoms with Gasteiger partial charge in [0.05, 0.1) is 10.2 Å². The molecule has 10 heavy (non-hydrogen) atoms. The number of Topliss-reactive ketones (excluding diaryl/α,β-unsaturated/α-hetero) is 1. The molecule has 0 radical (unpaired) electrons. The van der Waals surface area contributed by atoms with Crippen molar-refractivity contribution >= 4 is 28.4 Å². The van der Waals surface area contributed by atoms with Gasteiger partial charge >= 0.3 is 0 Å². The molecule has 0 atom stereocenters. The molecular formula is C7H11IO2. The van der Waals surface area contributed by atoms with Crippen LogP contribution in [0.25, 0.3) is 0 Å². The van der Waals surface area contributed by atoms with E-state index in [0.717, 1.165) is 3.58 Å². The molecule has 0 saturated carbocycles. The molecule has 0 amide bonds. The summed E-state index contributed by atoms with van der Waals surface area (Å²) in [5.41, 5.74) is 0. The lowest BCUT2D eigenvalue weighted by Gasteiger charge is -1.96. The van der Waals surface area contributed by atoms with Gasteiger partial charge in [0.2, 0.25) is 0 Å². The van der Waals surface area contributed by atoms with Crippen molar-refractivity contribution in [2.24, 2.45) is 0 Å². The molecule has 0 aliphatic rings. The zero-order valence-electron chi connectivity index (χ0n) is 6.19. The summed E-state index contributed by atoms with van der Waals surface area (Å²) in [4.78, 5) is 11.0. The first-order valence-electron chi connectivity index (χ1n) is 3.06. The summed E-state index contributed by atoms with van der Waals surface area (Å²) >= 11 is 2.03. The van der Waals surface area contributed by atoms with Crippen LogP contribution in [-0.4, -0.2) is 19.5 Å². The van der Waals surface area contributed by atoms with Crippen LogP contribution in [0.3, 0.4) is 0 Å². The SMILES string of the molecule is C/C=C(\I)C(=O)CCOC. The summed E-state index contributed by atoms with van der Waals surface area (Å²) in [6.45, 7) is 2.37. The van der Waals surface area contributed by atoms with Crippen LogP contribution < -0.4 is 0 Å². The average molecular weight is 254 g/mol. The molecule has 0 rings (SSSR count). The molecule has 0 aliphatic heterocycles. The van der Waals surface area contributed by atoms with Crippen LogP contribution in [0.15, 0.2) is 9.66 Å². The zero-order valence-corrected chi connectivity index (χ0v) is 8.34. The van der Waals surface area contributed by atoms with Gasteiger partial charge in [-0.25, -0.2) is 0 Å². The van der Waals surface area contributed by atoms with Crippen LogP contribution in [0.5, 0.6) is 0 Å². The third-order valence-corrected chi connectivity index (χ3v) is 2.28. The van der Waals surface area contributed by atoms with E-state index in [-0.39, 0.29) is 5.78 Å². The van der Waals surface area contributed by atoms with Gasteiger partial charge in [0.1, 0.15) is 0 Å². The number of hydrogen-bond acceptors (Lipinski definition) is 2. The van der Waals surface area contributed by atoms with Gasteiger partial charge in [-0.2, -0.15) is 0 Å². The fourth-order valence-electron chi connectivity index (χ4n) is 0.475. The Balaban J connectivity index is 3.63. The Hall–Kier alpha value is 0.1000. The molecule has 0 heterocycles. The second-order valence-electron chi connectivity index (χ2n) is 1.80. The van der Waals surface area contributed by atoms with Crippen molar-refractivity contribution in [1.82, 2.24) is 0 Å². The highest BCUT2D eigenvalue weighted by atomic mass is 127. The quantitative estimate of drug-likeness (QED) is 0.566. The van der Waals surface area contributed by atoms with Crippen molar-refractivity contribution in [1.29, 1.82) is 0 Å². The maximum atomic E-state index is 11.0. The van der Waals surface area contributed by atoms with Gasteiger partial charge in [-0.3, -0.25) is 4.79 Å². The molecule has 0 aromatic heterocycles. The van der Waals surface area contributed by atoms with Crippen LogP contribution in [0, 0.1) is 0 Å². The van der Waals surface area contributed by atoms with Crippen LogP contribution in [0.4, 0.5) is 0 Å². The van der Waals surface area contributed by atoms with E-state index in [1.54, 1.807) is 13.2 Å². The molecule has 0 fully saturated rings. The average Bonchev–Trinajstić information content (AvgIpc) is 1.98. The number of allylic oxidation sites excluding steroid dienone is 2. The van der Waals surface area contributed by atoms with E-state index in [4.69, 9.17) is 4.74 Å². The smallest absolute Gasteiger partial charge is 0.170 e. The summed E-state index contributed by atoms with van der Waals surface area (Å²) in [6.07, 6.45) is 2.29. The first-order chi connectivity index (χ1) is 4.72. The van der Waals surface area contributed by atoms with Crippen LogP contribution in [-0.2, 0) is 9.53 Å². The molecule has 58 valence electrons. The van der Waals surface area contributed by atoms with Crippen molar-refractivity contribution in [2.75, 3.05) is 13.7 Å². The van der Waals surface area contributed by atoms with E-state index in [1.165, 1.54) is 0 Å². The fourth-order valence-corrected chi connectivity index (χ4v) is 0.745. The number of methoxy groups -OCH3 is 1. The Bertz CT molecular complexity index is 141. The van der Waals surface area contributed by atoms with Crippen molar-refractivity contribution in [2.45, 2.75) is 13.3 Å². The minimum absolute atomic E-state index is 0.157. The van der Waals surface area contributed by atoms with E-state index in [9.17, 15) is 4.79 Å². The van der Waals surface area contributed by atoms with Gasteiger partial charge in [-0.15, -0.1) is 0 Å². The number of rotatable bonds is 4. The molecule has 0 unspecified atom stereocenters. The molecule has 0 bridgehead atoms. The Morgan fingerprint density at radius 1 is 1.70 bits per heavy atom. The monoisotopic (exact) mass is 254 g/mol. The molecule has 0 aliphatic carbocycles. The number of ether oxygens (including phenoxy) is 1. The molecule has 0 saturated heterocycles. The molecule has 0 N–H and O–H groups in total. The van der Waals surface area contributed by atoms with E-state index in [1.807, 2.05) is 29.5 Å². The number of carbonyl (C=O) groups excluding carboxylic acids is 1. The van der Waals surface area contributed by atoms with E-state index < -0.39 is 0 Å². The van der Waals surface area contributed by atoms with Crippen molar-refractivity contribution in [3.8, 4) is 0 Å². The minimum atomic E-state index is 0.157. The van der Waals surface area contributed by atoms with Crippen LogP contribution >= 0.6 is 22.6 Å². The maximum Gasteiger partial charge on any atom is 0.170 e. The fraction of sp³-hybridized carbons (Fsp3) is 0.571. The lowest BCUT2D eigenvalue weighted by atomic mass is 10.3. The van der Waals surface area contributed by atoms with Gasteiger partial charge in [-0.1, -0.05) is 6.08 Å². The van der Waals surface area contributed by atoms with Gasteiger partial charge < -0.3 is 4.74 Å². The van der Waals surface area contributed by atoms with Crippen molar-refractivity contribution in [3.63, 3.8) is 0 Å². The number of halogens is 1. The molecule has 0 spiro atoms. The third-order valence-electron chi connectivity index (χ3n) is 1.05. The minimum Gasteiger partial charge on any atom is -0.384 e. The molecule has 0 aromatic carbocycles. The predicted octanol–water partition coefficient (Wildman–Crippen LogP) is 1.93. The highest BCUT2D eigenvalue weighted by Crippen LogP contribution is 2.08. The zero-order chi connectivity index (χ0) is 7.98. The number of ketones is 1. The summed E-state index contributed by atoms with van der Waals surface area (Å²) in [6, 6.07) is 0.